The van der Waals surface area contributed by atoms with E-state index < -0.39 is 0 Å². The maximum Gasteiger partial charge on any atom is 0.203 e. The molecule has 0 aliphatic carbocycles. The lowest BCUT2D eigenvalue weighted by Gasteiger charge is -2.13. The highest BCUT2D eigenvalue weighted by Crippen LogP contribution is 2.40. The van der Waals surface area contributed by atoms with E-state index in [1.807, 2.05) is 0 Å². The molecule has 0 fully saturated rings. The van der Waals surface area contributed by atoms with Crippen molar-refractivity contribution in [2.45, 2.75) is 0 Å². The first-order valence-corrected chi connectivity index (χ1v) is 4.69. The summed E-state index contributed by atoms with van der Waals surface area (Å²) in [6.07, 6.45) is 3.74. The third kappa shape index (κ3) is 2.34. The minimum Gasteiger partial charge on any atom is -0.493 e. The normalized spacial score (nSPS) is 10.2. The lowest BCUT2D eigenvalue weighted by atomic mass is 10.1. The van der Waals surface area contributed by atoms with Gasteiger partial charge in [0, 0.05) is 5.56 Å². The summed E-state index contributed by atoms with van der Waals surface area (Å²) < 4.78 is 15.6. The minimum absolute atomic E-state index is 0.512. The van der Waals surface area contributed by atoms with Gasteiger partial charge in [-0.2, -0.15) is 0 Å². The summed E-state index contributed by atoms with van der Waals surface area (Å²) in [6.45, 7) is 0. The lowest BCUT2D eigenvalue weighted by molar-refractivity contribution is -0.104. The van der Waals surface area contributed by atoms with E-state index in [9.17, 15) is 4.79 Å². The van der Waals surface area contributed by atoms with E-state index in [0.29, 0.717) is 23.5 Å². The molecule has 0 radical (unpaired) electrons. The van der Waals surface area contributed by atoms with Crippen LogP contribution in [0, 0.1) is 0 Å². The molecule has 0 saturated carbocycles. The zero-order chi connectivity index (χ0) is 12.0. The molecule has 16 heavy (non-hydrogen) atoms. The summed E-state index contributed by atoms with van der Waals surface area (Å²) in [5.74, 6) is 1.64. The second kappa shape index (κ2) is 5.80. The molecule has 0 heterocycles. The van der Waals surface area contributed by atoms with Gasteiger partial charge in [0.25, 0.3) is 0 Å². The Hall–Kier alpha value is -1.97. The molecular weight excluding hydrogens is 208 g/mol. The molecule has 0 saturated heterocycles. The fourth-order valence-corrected chi connectivity index (χ4v) is 1.40. The monoisotopic (exact) mass is 222 g/mol. The number of allylic oxidation sites excluding steroid dienone is 1. The molecule has 0 bridgehead atoms. The van der Waals surface area contributed by atoms with Crippen LogP contribution in [0.3, 0.4) is 0 Å². The third-order valence-corrected chi connectivity index (χ3v) is 2.09. The van der Waals surface area contributed by atoms with E-state index >= 15 is 0 Å². The Morgan fingerprint density at radius 2 is 1.69 bits per heavy atom. The van der Waals surface area contributed by atoms with Gasteiger partial charge in [0.15, 0.2) is 11.5 Å². The lowest BCUT2D eigenvalue weighted by Crippen LogP contribution is -1.96. The Morgan fingerprint density at radius 1 is 1.00 bits per heavy atom. The van der Waals surface area contributed by atoms with Gasteiger partial charge in [0.05, 0.1) is 21.3 Å². The number of hydrogen-bond acceptors (Lipinski definition) is 4. The van der Waals surface area contributed by atoms with Crippen LogP contribution in [-0.4, -0.2) is 27.6 Å². The van der Waals surface area contributed by atoms with Gasteiger partial charge in [-0.15, -0.1) is 0 Å². The van der Waals surface area contributed by atoms with E-state index in [4.69, 9.17) is 14.2 Å². The number of aldehydes is 1. The summed E-state index contributed by atoms with van der Waals surface area (Å²) in [5.41, 5.74) is 0.757. The molecule has 0 atom stereocenters. The van der Waals surface area contributed by atoms with Crippen molar-refractivity contribution in [1.82, 2.24) is 0 Å². The van der Waals surface area contributed by atoms with Gasteiger partial charge in [0.2, 0.25) is 5.75 Å². The number of ether oxygens (including phenoxy) is 3. The van der Waals surface area contributed by atoms with Gasteiger partial charge in [0.1, 0.15) is 6.29 Å². The second-order valence-corrected chi connectivity index (χ2v) is 2.92. The van der Waals surface area contributed by atoms with Gasteiger partial charge >= 0.3 is 0 Å². The average molecular weight is 222 g/mol. The van der Waals surface area contributed by atoms with E-state index in [2.05, 4.69) is 0 Å². The van der Waals surface area contributed by atoms with E-state index in [1.165, 1.54) is 20.3 Å². The summed E-state index contributed by atoms with van der Waals surface area (Å²) in [4.78, 5) is 10.3. The summed E-state index contributed by atoms with van der Waals surface area (Å²) in [6, 6.07) is 3.55. The van der Waals surface area contributed by atoms with Crippen molar-refractivity contribution in [2.75, 3.05) is 21.3 Å². The van der Waals surface area contributed by atoms with Crippen LogP contribution in [0.25, 0.3) is 6.08 Å². The predicted octanol–water partition coefficient (Wildman–Crippen LogP) is 1.92. The van der Waals surface area contributed by atoms with Crippen LogP contribution in [0.4, 0.5) is 0 Å². The molecule has 0 amide bonds. The van der Waals surface area contributed by atoms with E-state index in [1.54, 1.807) is 25.3 Å². The molecule has 86 valence electrons. The molecule has 0 unspecified atom stereocenters. The number of carbonyl (C=O) groups excluding carboxylic acids is 1. The van der Waals surface area contributed by atoms with Gasteiger partial charge in [-0.25, -0.2) is 0 Å². The van der Waals surface area contributed by atoms with Crippen LogP contribution < -0.4 is 14.2 Å². The number of carbonyl (C=O) groups is 1. The first-order valence-electron chi connectivity index (χ1n) is 4.69. The van der Waals surface area contributed by atoms with Crippen molar-refractivity contribution in [1.29, 1.82) is 0 Å². The minimum atomic E-state index is 0.512. The Morgan fingerprint density at radius 3 is 2.19 bits per heavy atom. The van der Waals surface area contributed by atoms with E-state index in [-0.39, 0.29) is 0 Å². The molecule has 0 N–H and O–H groups in total. The Labute approximate surface area is 94.4 Å². The maximum absolute atomic E-state index is 10.3. The second-order valence-electron chi connectivity index (χ2n) is 2.92. The molecule has 0 aromatic heterocycles. The molecule has 1 aromatic rings. The molecule has 4 nitrogen and oxygen atoms in total. The zero-order valence-corrected chi connectivity index (χ0v) is 9.52. The first kappa shape index (κ1) is 12.1. The predicted molar refractivity (Wildman–Crippen MR) is 61.2 cm³/mol. The smallest absolute Gasteiger partial charge is 0.203 e. The van der Waals surface area contributed by atoms with E-state index in [0.717, 1.165) is 5.56 Å². The molecule has 0 spiro atoms. The molecule has 0 aliphatic heterocycles. The maximum atomic E-state index is 10.3. The van der Waals surface area contributed by atoms with Crippen LogP contribution >= 0.6 is 0 Å². The van der Waals surface area contributed by atoms with Crippen molar-refractivity contribution in [3.63, 3.8) is 0 Å². The van der Waals surface area contributed by atoms with Gasteiger partial charge in [-0.1, -0.05) is 0 Å². The fourth-order valence-electron chi connectivity index (χ4n) is 1.40. The summed E-state index contributed by atoms with van der Waals surface area (Å²) >= 11 is 0. The highest BCUT2D eigenvalue weighted by Gasteiger charge is 2.13. The third-order valence-electron chi connectivity index (χ3n) is 2.09. The largest absolute Gasteiger partial charge is 0.493 e. The van der Waals surface area contributed by atoms with Gasteiger partial charge in [-0.3, -0.25) is 4.79 Å². The number of rotatable bonds is 5. The van der Waals surface area contributed by atoms with Gasteiger partial charge in [-0.05, 0) is 24.3 Å². The topological polar surface area (TPSA) is 44.8 Å². The highest BCUT2D eigenvalue weighted by molar-refractivity contribution is 5.77. The number of benzene rings is 1. The van der Waals surface area contributed by atoms with Crippen LogP contribution in [0.2, 0.25) is 0 Å². The van der Waals surface area contributed by atoms with Crippen molar-refractivity contribution in [3.8, 4) is 17.2 Å². The van der Waals surface area contributed by atoms with Crippen molar-refractivity contribution in [3.05, 3.63) is 23.8 Å². The van der Waals surface area contributed by atoms with Crippen molar-refractivity contribution >= 4 is 12.4 Å². The van der Waals surface area contributed by atoms with Crippen molar-refractivity contribution < 1.29 is 19.0 Å². The Bertz CT molecular complexity index is 396. The molecule has 0 aliphatic rings. The standard InChI is InChI=1S/C12H14O4/c1-14-10-7-6-9(5-4-8-13)11(15-2)12(10)16-3/h4-8H,1-3H3. The molecular formula is C12H14O4. The Balaban J connectivity index is 3.30. The number of methoxy groups -OCH3 is 3. The highest BCUT2D eigenvalue weighted by atomic mass is 16.5. The zero-order valence-electron chi connectivity index (χ0n) is 9.52. The fraction of sp³-hybridized carbons (Fsp3) is 0.250. The number of hydrogen-bond donors (Lipinski definition) is 0. The summed E-state index contributed by atoms with van der Waals surface area (Å²) in [7, 11) is 4.63. The molecule has 4 heteroatoms. The first-order chi connectivity index (χ1) is 7.78. The Kier molecular flexibility index (Phi) is 4.39. The van der Waals surface area contributed by atoms with Crippen LogP contribution in [0.5, 0.6) is 17.2 Å². The SMILES string of the molecule is COc1ccc(C=CC=O)c(OC)c1OC. The average Bonchev–Trinajstić information content (AvgIpc) is 2.34. The quantitative estimate of drug-likeness (QED) is 0.564. The van der Waals surface area contributed by atoms with Crippen LogP contribution in [0.15, 0.2) is 18.2 Å². The molecule has 1 aromatic carbocycles. The van der Waals surface area contributed by atoms with Gasteiger partial charge < -0.3 is 14.2 Å². The van der Waals surface area contributed by atoms with Crippen LogP contribution in [-0.2, 0) is 4.79 Å². The van der Waals surface area contributed by atoms with Crippen molar-refractivity contribution in [2.24, 2.45) is 0 Å². The molecule has 1 rings (SSSR count). The summed E-state index contributed by atoms with van der Waals surface area (Å²) in [5, 5.41) is 0. The van der Waals surface area contributed by atoms with Crippen LogP contribution in [0.1, 0.15) is 5.56 Å².